The van der Waals surface area contributed by atoms with Gasteiger partial charge in [0, 0.05) is 0 Å². The number of esters is 3. The fourth-order valence-corrected chi connectivity index (χ4v) is 4.15. The van der Waals surface area contributed by atoms with Gasteiger partial charge in [0.05, 0.1) is 22.8 Å². The number of carbonyl (C=O) groups is 3. The Bertz CT molecular complexity index is 1160. The summed E-state index contributed by atoms with van der Waals surface area (Å²) in [5.74, 6) is -1.68. The summed E-state index contributed by atoms with van der Waals surface area (Å²) in [6.45, 7) is 3.55. The number of hydrogen-bond acceptors (Lipinski definition) is 7. The largest absolute Gasteiger partial charge is 0.456 e. The second-order valence-electron chi connectivity index (χ2n) is 8.50. The zero-order valence-corrected chi connectivity index (χ0v) is 20.1. The molecule has 0 saturated carbocycles. The lowest BCUT2D eigenvalue weighted by molar-refractivity contribution is -0.0742. The van der Waals surface area contributed by atoms with Crippen LogP contribution < -0.4 is 0 Å². The van der Waals surface area contributed by atoms with Gasteiger partial charge < -0.3 is 18.9 Å². The molecule has 1 aliphatic rings. The summed E-state index contributed by atoms with van der Waals surface area (Å²) < 4.78 is 23.6. The van der Waals surface area contributed by atoms with Crippen molar-refractivity contribution in [2.24, 2.45) is 0 Å². The average Bonchev–Trinajstić information content (AvgIpc) is 3.26. The predicted molar refractivity (Wildman–Crippen MR) is 132 cm³/mol. The summed E-state index contributed by atoms with van der Waals surface area (Å²) in [6.07, 6.45) is -3.59. The molecule has 3 aromatic rings. The maximum absolute atomic E-state index is 13.0. The van der Waals surface area contributed by atoms with E-state index < -0.39 is 48.4 Å². The molecule has 0 radical (unpaired) electrons. The molecule has 7 heteroatoms. The molecule has 0 N–H and O–H groups in total. The van der Waals surface area contributed by atoms with E-state index in [-0.39, 0.29) is 0 Å². The molecule has 36 heavy (non-hydrogen) atoms. The molecule has 3 aromatic carbocycles. The van der Waals surface area contributed by atoms with Gasteiger partial charge >= 0.3 is 17.9 Å². The monoisotopic (exact) mass is 488 g/mol. The van der Waals surface area contributed by atoms with Crippen molar-refractivity contribution in [3.8, 4) is 0 Å². The van der Waals surface area contributed by atoms with E-state index in [0.717, 1.165) is 0 Å². The van der Waals surface area contributed by atoms with Crippen molar-refractivity contribution >= 4 is 17.9 Å². The fourth-order valence-electron chi connectivity index (χ4n) is 4.15. The molecular weight excluding hydrogens is 460 g/mol. The third kappa shape index (κ3) is 5.80. The Morgan fingerprint density at radius 2 is 1.11 bits per heavy atom. The molecule has 1 aliphatic heterocycles. The number of ether oxygens (including phenoxy) is 4. The van der Waals surface area contributed by atoms with Gasteiger partial charge in [-0.3, -0.25) is 0 Å². The highest BCUT2D eigenvalue weighted by molar-refractivity contribution is 5.91. The van der Waals surface area contributed by atoms with Gasteiger partial charge in [0.2, 0.25) is 0 Å². The molecule has 1 saturated heterocycles. The van der Waals surface area contributed by atoms with Crippen molar-refractivity contribution in [1.82, 2.24) is 0 Å². The van der Waals surface area contributed by atoms with Crippen molar-refractivity contribution in [2.45, 2.75) is 50.8 Å². The van der Waals surface area contributed by atoms with Crippen molar-refractivity contribution in [1.29, 1.82) is 0 Å². The normalized spacial score (nSPS) is 21.8. The van der Waals surface area contributed by atoms with E-state index in [9.17, 15) is 14.4 Å². The van der Waals surface area contributed by atoms with Crippen LogP contribution in [0.25, 0.3) is 0 Å². The van der Waals surface area contributed by atoms with Gasteiger partial charge in [0.25, 0.3) is 0 Å². The first-order valence-electron chi connectivity index (χ1n) is 11.9. The molecular formula is C29H28O7. The van der Waals surface area contributed by atoms with Crippen LogP contribution in [0.15, 0.2) is 91.0 Å². The van der Waals surface area contributed by atoms with Gasteiger partial charge in [-0.25, -0.2) is 14.4 Å². The highest BCUT2D eigenvalue weighted by atomic mass is 16.7. The summed E-state index contributed by atoms with van der Waals surface area (Å²) in [7, 11) is 0. The molecule has 5 unspecified atom stereocenters. The van der Waals surface area contributed by atoms with Gasteiger partial charge in [-0.05, 0) is 49.7 Å². The first kappa shape index (κ1) is 25.1. The minimum Gasteiger partial charge on any atom is -0.456 e. The van der Waals surface area contributed by atoms with Crippen LogP contribution in [0.4, 0.5) is 0 Å². The van der Waals surface area contributed by atoms with Gasteiger partial charge in [-0.2, -0.15) is 0 Å². The second kappa shape index (κ2) is 11.6. The summed E-state index contributed by atoms with van der Waals surface area (Å²) in [5, 5.41) is 0. The lowest BCUT2D eigenvalue weighted by Gasteiger charge is -2.27. The Balaban J connectivity index is 1.58. The Hall–Kier alpha value is -3.97. The maximum Gasteiger partial charge on any atom is 0.338 e. The first-order chi connectivity index (χ1) is 17.5. The lowest BCUT2D eigenvalue weighted by atomic mass is 10.0. The van der Waals surface area contributed by atoms with E-state index >= 15 is 0 Å². The van der Waals surface area contributed by atoms with Crippen LogP contribution in [0.2, 0.25) is 0 Å². The van der Waals surface area contributed by atoms with E-state index in [1.165, 1.54) is 0 Å². The third-order valence-corrected chi connectivity index (χ3v) is 6.02. The third-order valence-electron chi connectivity index (χ3n) is 6.02. The SMILES string of the molecule is CCC1OC(C(C)OC(=O)c2ccccc2)C(OC(=O)c2ccccc2)C1OC(=O)c1ccccc1. The molecule has 0 aliphatic carbocycles. The average molecular weight is 489 g/mol. The molecule has 5 atom stereocenters. The van der Waals surface area contributed by atoms with Gasteiger partial charge in [0.1, 0.15) is 12.2 Å². The highest BCUT2D eigenvalue weighted by Crippen LogP contribution is 2.33. The molecule has 0 amide bonds. The zero-order valence-electron chi connectivity index (χ0n) is 20.1. The van der Waals surface area contributed by atoms with Crippen LogP contribution in [0, 0.1) is 0 Å². The van der Waals surface area contributed by atoms with E-state index in [1.54, 1.807) is 97.9 Å². The topological polar surface area (TPSA) is 88.1 Å². The Morgan fingerprint density at radius 1 is 0.694 bits per heavy atom. The number of benzene rings is 3. The summed E-state index contributed by atoms with van der Waals surface area (Å²) in [5.41, 5.74) is 1.10. The molecule has 1 heterocycles. The van der Waals surface area contributed by atoms with E-state index in [1.807, 2.05) is 6.92 Å². The number of rotatable bonds is 8. The Morgan fingerprint density at radius 3 is 1.56 bits per heavy atom. The second-order valence-corrected chi connectivity index (χ2v) is 8.50. The number of carbonyl (C=O) groups excluding carboxylic acids is 3. The molecule has 0 spiro atoms. The summed E-state index contributed by atoms with van der Waals surface area (Å²) in [6, 6.07) is 25.7. The lowest BCUT2D eigenvalue weighted by Crippen LogP contribution is -2.44. The minimum absolute atomic E-state index is 0.346. The van der Waals surface area contributed by atoms with Gasteiger partial charge in [0.15, 0.2) is 12.2 Å². The Labute approximate surface area is 209 Å². The summed E-state index contributed by atoms with van der Waals surface area (Å²) in [4.78, 5) is 38.6. The van der Waals surface area contributed by atoms with Gasteiger partial charge in [-0.1, -0.05) is 61.5 Å². The van der Waals surface area contributed by atoms with Crippen LogP contribution in [0.5, 0.6) is 0 Å². The molecule has 186 valence electrons. The zero-order chi connectivity index (χ0) is 25.5. The first-order valence-corrected chi connectivity index (χ1v) is 11.9. The quantitative estimate of drug-likeness (QED) is 0.330. The Kier molecular flexibility index (Phi) is 8.13. The van der Waals surface area contributed by atoms with Crippen molar-refractivity contribution in [3.63, 3.8) is 0 Å². The van der Waals surface area contributed by atoms with E-state index in [2.05, 4.69) is 0 Å². The molecule has 7 nitrogen and oxygen atoms in total. The smallest absolute Gasteiger partial charge is 0.338 e. The standard InChI is InChI=1S/C29H28O7/c1-3-23-25(35-28(31)21-15-9-5-10-16-21)26(36-29(32)22-17-11-6-12-18-22)24(34-23)19(2)33-27(30)20-13-7-4-8-14-20/h4-19,23-26H,3H2,1-2H3. The van der Waals surface area contributed by atoms with Crippen molar-refractivity contribution in [2.75, 3.05) is 0 Å². The van der Waals surface area contributed by atoms with Crippen molar-refractivity contribution in [3.05, 3.63) is 108 Å². The molecule has 4 rings (SSSR count). The van der Waals surface area contributed by atoms with Crippen LogP contribution >= 0.6 is 0 Å². The molecule has 0 aromatic heterocycles. The maximum atomic E-state index is 13.0. The fraction of sp³-hybridized carbons (Fsp3) is 0.276. The van der Waals surface area contributed by atoms with Crippen LogP contribution in [-0.2, 0) is 18.9 Å². The minimum atomic E-state index is -0.992. The van der Waals surface area contributed by atoms with Crippen LogP contribution in [0.3, 0.4) is 0 Å². The molecule has 1 fully saturated rings. The predicted octanol–water partition coefficient (Wildman–Crippen LogP) is 4.86. The van der Waals surface area contributed by atoms with Crippen LogP contribution in [-0.4, -0.2) is 48.4 Å². The van der Waals surface area contributed by atoms with E-state index in [0.29, 0.717) is 23.1 Å². The van der Waals surface area contributed by atoms with E-state index in [4.69, 9.17) is 18.9 Å². The van der Waals surface area contributed by atoms with Crippen LogP contribution in [0.1, 0.15) is 51.3 Å². The summed E-state index contributed by atoms with van der Waals surface area (Å²) >= 11 is 0. The molecule has 0 bridgehead atoms. The highest BCUT2D eigenvalue weighted by Gasteiger charge is 2.52. The van der Waals surface area contributed by atoms with Crippen molar-refractivity contribution < 1.29 is 33.3 Å². The van der Waals surface area contributed by atoms with Gasteiger partial charge in [-0.15, -0.1) is 0 Å². The number of hydrogen-bond donors (Lipinski definition) is 0.